The summed E-state index contributed by atoms with van der Waals surface area (Å²) in [6, 6.07) is 10.1. The Morgan fingerprint density at radius 2 is 1.84 bits per heavy atom. The van der Waals surface area contributed by atoms with Gasteiger partial charge in [0, 0.05) is 16.6 Å². The van der Waals surface area contributed by atoms with Crippen LogP contribution in [0.5, 0.6) is 11.5 Å². The van der Waals surface area contributed by atoms with Crippen molar-refractivity contribution in [2.75, 3.05) is 0 Å². The van der Waals surface area contributed by atoms with E-state index < -0.39 is 4.92 Å². The highest BCUT2D eigenvalue weighted by Crippen LogP contribution is 2.34. The molecular weight excluding hydrogens is 378 g/mol. The smallest absolute Gasteiger partial charge is 0.270 e. The number of nitro groups is 1. The van der Waals surface area contributed by atoms with E-state index in [2.05, 4.69) is 31.9 Å². The molecule has 0 saturated heterocycles. The zero-order valence-electron chi connectivity index (χ0n) is 9.89. The fraction of sp³-hybridized carbons (Fsp3) is 0.0769. The van der Waals surface area contributed by atoms with E-state index in [0.717, 1.165) is 10.0 Å². The number of nitro benzene ring substituents is 1. The van der Waals surface area contributed by atoms with Crippen molar-refractivity contribution in [1.29, 1.82) is 0 Å². The first-order valence-corrected chi connectivity index (χ1v) is 6.94. The molecule has 0 spiro atoms. The van der Waals surface area contributed by atoms with Crippen molar-refractivity contribution < 1.29 is 9.66 Å². The van der Waals surface area contributed by atoms with Crippen LogP contribution in [0.4, 0.5) is 5.69 Å². The highest BCUT2D eigenvalue weighted by atomic mass is 79.9. The monoisotopic (exact) mass is 385 g/mol. The predicted molar refractivity (Wildman–Crippen MR) is 79.7 cm³/mol. The number of rotatable bonds is 3. The summed E-state index contributed by atoms with van der Waals surface area (Å²) in [6.07, 6.45) is 0. The van der Waals surface area contributed by atoms with Crippen LogP contribution in [-0.2, 0) is 0 Å². The minimum absolute atomic E-state index is 0.0187. The third-order valence-electron chi connectivity index (χ3n) is 2.50. The summed E-state index contributed by atoms with van der Waals surface area (Å²) < 4.78 is 7.21. The van der Waals surface area contributed by atoms with Crippen LogP contribution in [0.25, 0.3) is 0 Å². The van der Waals surface area contributed by atoms with Gasteiger partial charge in [-0.2, -0.15) is 0 Å². The van der Waals surface area contributed by atoms with Gasteiger partial charge in [0.1, 0.15) is 11.5 Å². The number of halogens is 2. The molecule has 98 valence electrons. The lowest BCUT2D eigenvalue weighted by molar-refractivity contribution is -0.384. The molecule has 2 aromatic carbocycles. The summed E-state index contributed by atoms with van der Waals surface area (Å²) in [7, 11) is 0. The Hall–Kier alpha value is -1.40. The average molecular weight is 387 g/mol. The maximum absolute atomic E-state index is 10.7. The molecule has 0 aliphatic carbocycles. The number of aryl methyl sites for hydroxylation is 1. The van der Waals surface area contributed by atoms with Gasteiger partial charge in [0.05, 0.1) is 9.40 Å². The molecule has 2 rings (SSSR count). The molecule has 0 bridgehead atoms. The summed E-state index contributed by atoms with van der Waals surface area (Å²) in [5.74, 6) is 1.23. The SMILES string of the molecule is Cc1ccc(Br)cc1Oc1ccc([N+](=O)[O-])cc1Br. The van der Waals surface area contributed by atoms with Crippen LogP contribution in [0.2, 0.25) is 0 Å². The van der Waals surface area contributed by atoms with Gasteiger partial charge in [0.2, 0.25) is 0 Å². The van der Waals surface area contributed by atoms with Crippen molar-refractivity contribution in [3.8, 4) is 11.5 Å². The van der Waals surface area contributed by atoms with E-state index in [1.807, 2.05) is 25.1 Å². The minimum atomic E-state index is -0.446. The third kappa shape index (κ3) is 3.33. The Morgan fingerprint density at radius 1 is 1.11 bits per heavy atom. The Kier molecular flexibility index (Phi) is 4.21. The molecule has 6 heteroatoms. The van der Waals surface area contributed by atoms with Crippen molar-refractivity contribution in [3.63, 3.8) is 0 Å². The van der Waals surface area contributed by atoms with E-state index in [-0.39, 0.29) is 5.69 Å². The number of hydrogen-bond acceptors (Lipinski definition) is 3. The molecule has 0 radical (unpaired) electrons. The molecule has 0 heterocycles. The van der Waals surface area contributed by atoms with Crippen molar-refractivity contribution in [2.24, 2.45) is 0 Å². The second kappa shape index (κ2) is 5.71. The van der Waals surface area contributed by atoms with Gasteiger partial charge in [0.25, 0.3) is 5.69 Å². The van der Waals surface area contributed by atoms with Crippen molar-refractivity contribution >= 4 is 37.5 Å². The topological polar surface area (TPSA) is 52.4 Å². The molecule has 0 aromatic heterocycles. The molecule has 0 fully saturated rings. The molecule has 0 aliphatic rings. The molecule has 19 heavy (non-hydrogen) atoms. The first-order valence-electron chi connectivity index (χ1n) is 5.35. The molecule has 0 aliphatic heterocycles. The zero-order chi connectivity index (χ0) is 14.0. The van der Waals surface area contributed by atoms with Gasteiger partial charge in [-0.05, 0) is 46.6 Å². The first-order chi connectivity index (χ1) is 8.97. The molecule has 0 saturated carbocycles. The summed E-state index contributed by atoms with van der Waals surface area (Å²) >= 11 is 6.65. The van der Waals surface area contributed by atoms with Gasteiger partial charge < -0.3 is 4.74 Å². The summed E-state index contributed by atoms with van der Waals surface area (Å²) in [4.78, 5) is 10.2. The zero-order valence-corrected chi connectivity index (χ0v) is 13.1. The van der Waals surface area contributed by atoms with Crippen LogP contribution in [0.3, 0.4) is 0 Å². The fourth-order valence-electron chi connectivity index (χ4n) is 1.49. The standard InChI is InChI=1S/C13H9Br2NO3/c1-8-2-3-9(14)6-13(8)19-12-5-4-10(16(17)18)7-11(12)15/h2-7H,1H3. The Morgan fingerprint density at radius 3 is 2.47 bits per heavy atom. The van der Waals surface area contributed by atoms with Gasteiger partial charge in [-0.1, -0.05) is 22.0 Å². The van der Waals surface area contributed by atoms with E-state index in [1.54, 1.807) is 6.07 Å². The summed E-state index contributed by atoms with van der Waals surface area (Å²) in [6.45, 7) is 1.93. The van der Waals surface area contributed by atoms with E-state index in [9.17, 15) is 10.1 Å². The second-order valence-corrected chi connectivity index (χ2v) is 5.65. The van der Waals surface area contributed by atoms with Gasteiger partial charge in [0.15, 0.2) is 0 Å². The van der Waals surface area contributed by atoms with Crippen molar-refractivity contribution in [2.45, 2.75) is 6.92 Å². The number of ether oxygens (including phenoxy) is 1. The Bertz CT molecular complexity index is 644. The quantitative estimate of drug-likeness (QED) is 0.536. The molecule has 0 amide bonds. The van der Waals surface area contributed by atoms with Crippen molar-refractivity contribution in [1.82, 2.24) is 0 Å². The number of non-ortho nitro benzene ring substituents is 1. The fourth-order valence-corrected chi connectivity index (χ4v) is 2.28. The summed E-state index contributed by atoms with van der Waals surface area (Å²) in [5, 5.41) is 10.7. The molecule has 4 nitrogen and oxygen atoms in total. The second-order valence-electron chi connectivity index (χ2n) is 3.88. The Labute approximate surface area is 126 Å². The lowest BCUT2D eigenvalue weighted by Crippen LogP contribution is -1.91. The van der Waals surface area contributed by atoms with Crippen molar-refractivity contribution in [3.05, 3.63) is 61.0 Å². The molecular formula is C13H9Br2NO3. The highest BCUT2D eigenvalue weighted by molar-refractivity contribution is 9.10. The predicted octanol–water partition coefficient (Wildman–Crippen LogP) is 5.22. The van der Waals surface area contributed by atoms with Gasteiger partial charge in [-0.25, -0.2) is 0 Å². The van der Waals surface area contributed by atoms with Gasteiger partial charge >= 0.3 is 0 Å². The van der Waals surface area contributed by atoms with E-state index in [0.29, 0.717) is 16.0 Å². The third-order valence-corrected chi connectivity index (χ3v) is 3.61. The first kappa shape index (κ1) is 14.0. The molecule has 0 unspecified atom stereocenters. The van der Waals surface area contributed by atoms with Crippen LogP contribution in [-0.4, -0.2) is 4.92 Å². The molecule has 2 aromatic rings. The maximum Gasteiger partial charge on any atom is 0.270 e. The number of benzene rings is 2. The lowest BCUT2D eigenvalue weighted by Gasteiger charge is -2.10. The van der Waals surface area contributed by atoms with Crippen LogP contribution in [0.1, 0.15) is 5.56 Å². The largest absolute Gasteiger partial charge is 0.456 e. The number of nitrogens with zero attached hydrogens (tertiary/aromatic N) is 1. The summed E-state index contributed by atoms with van der Waals surface area (Å²) in [5.41, 5.74) is 0.999. The van der Waals surface area contributed by atoms with Crippen LogP contribution in [0.15, 0.2) is 45.3 Å². The normalized spacial score (nSPS) is 10.3. The molecule has 0 atom stereocenters. The molecule has 0 N–H and O–H groups in total. The lowest BCUT2D eigenvalue weighted by atomic mass is 10.2. The average Bonchev–Trinajstić information content (AvgIpc) is 2.36. The van der Waals surface area contributed by atoms with Crippen LogP contribution in [0, 0.1) is 17.0 Å². The van der Waals surface area contributed by atoms with E-state index in [1.165, 1.54) is 12.1 Å². The highest BCUT2D eigenvalue weighted by Gasteiger charge is 2.11. The van der Waals surface area contributed by atoms with Crippen LogP contribution < -0.4 is 4.74 Å². The van der Waals surface area contributed by atoms with E-state index >= 15 is 0 Å². The maximum atomic E-state index is 10.7. The van der Waals surface area contributed by atoms with E-state index in [4.69, 9.17) is 4.74 Å². The van der Waals surface area contributed by atoms with Gasteiger partial charge in [-0.15, -0.1) is 0 Å². The number of hydrogen-bond donors (Lipinski definition) is 0. The van der Waals surface area contributed by atoms with Gasteiger partial charge in [-0.3, -0.25) is 10.1 Å². The van der Waals surface area contributed by atoms with Crippen LogP contribution >= 0.6 is 31.9 Å². The minimum Gasteiger partial charge on any atom is -0.456 e. The Balaban J connectivity index is 2.33.